The van der Waals surface area contributed by atoms with Crippen molar-refractivity contribution < 1.29 is 17.9 Å². The Kier molecular flexibility index (Phi) is 5.48. The van der Waals surface area contributed by atoms with E-state index in [-0.39, 0.29) is 10.6 Å². The largest absolute Gasteiger partial charge is 0.497 e. The van der Waals surface area contributed by atoms with Gasteiger partial charge in [-0.2, -0.15) is 4.72 Å². The Morgan fingerprint density at radius 1 is 1.07 bits per heavy atom. The monoisotopic (exact) mass is 387 g/mol. The van der Waals surface area contributed by atoms with Crippen LogP contribution < -0.4 is 14.2 Å². The van der Waals surface area contributed by atoms with Crippen molar-refractivity contribution in [1.29, 1.82) is 0 Å². The number of aryl methyl sites for hydroxylation is 1. The lowest BCUT2D eigenvalue weighted by molar-refractivity contribution is 0.391. The number of nitrogens with zero attached hydrogens (tertiary/aromatic N) is 2. The molecule has 0 amide bonds. The van der Waals surface area contributed by atoms with Crippen LogP contribution in [0, 0.1) is 0 Å². The fraction of sp³-hybridized carbons (Fsp3) is 0.211. The summed E-state index contributed by atoms with van der Waals surface area (Å²) in [5.74, 6) is 1.23. The van der Waals surface area contributed by atoms with E-state index in [4.69, 9.17) is 9.47 Å². The summed E-state index contributed by atoms with van der Waals surface area (Å²) < 4.78 is 41.3. The van der Waals surface area contributed by atoms with Crippen LogP contribution in [0.5, 0.6) is 11.5 Å². The van der Waals surface area contributed by atoms with Gasteiger partial charge in [-0.15, -0.1) is 0 Å². The van der Waals surface area contributed by atoms with Crippen molar-refractivity contribution in [1.82, 2.24) is 14.3 Å². The summed E-state index contributed by atoms with van der Waals surface area (Å²) in [5.41, 5.74) is 0.775. The van der Waals surface area contributed by atoms with E-state index in [1.165, 1.54) is 20.3 Å². The van der Waals surface area contributed by atoms with Gasteiger partial charge in [-0.3, -0.25) is 0 Å². The zero-order chi connectivity index (χ0) is 19.4. The predicted octanol–water partition coefficient (Wildman–Crippen LogP) is 2.51. The van der Waals surface area contributed by atoms with Crippen LogP contribution in [-0.2, 0) is 17.1 Å². The maximum Gasteiger partial charge on any atom is 0.245 e. The second-order valence-corrected chi connectivity index (χ2v) is 7.56. The molecule has 7 nitrogen and oxygen atoms in total. The SMILES string of the molecule is COc1ccc(OC)c(S(=O)(=O)NC(c2ccccc2)c2nccn2C)c1. The molecule has 0 saturated heterocycles. The van der Waals surface area contributed by atoms with Crippen molar-refractivity contribution in [2.24, 2.45) is 7.05 Å². The quantitative estimate of drug-likeness (QED) is 0.674. The van der Waals surface area contributed by atoms with Crippen LogP contribution in [-0.4, -0.2) is 32.2 Å². The highest BCUT2D eigenvalue weighted by molar-refractivity contribution is 7.89. The van der Waals surface area contributed by atoms with Gasteiger partial charge in [-0.05, 0) is 17.7 Å². The summed E-state index contributed by atoms with van der Waals surface area (Å²) in [7, 11) is 0.787. The molecule has 0 aliphatic carbocycles. The van der Waals surface area contributed by atoms with Crippen LogP contribution in [0.25, 0.3) is 0 Å². The first-order chi connectivity index (χ1) is 13.0. The third-order valence-corrected chi connectivity index (χ3v) is 5.63. The first-order valence-electron chi connectivity index (χ1n) is 8.23. The lowest BCUT2D eigenvalue weighted by atomic mass is 10.1. The Labute approximate surface area is 158 Å². The molecule has 3 rings (SSSR count). The van der Waals surface area contributed by atoms with E-state index < -0.39 is 16.1 Å². The van der Waals surface area contributed by atoms with E-state index in [1.807, 2.05) is 37.4 Å². The van der Waals surface area contributed by atoms with Crippen molar-refractivity contribution in [3.8, 4) is 11.5 Å². The van der Waals surface area contributed by atoms with Crippen molar-refractivity contribution >= 4 is 10.0 Å². The normalized spacial score (nSPS) is 12.6. The van der Waals surface area contributed by atoms with Crippen molar-refractivity contribution in [2.75, 3.05) is 14.2 Å². The molecule has 2 aromatic carbocycles. The molecule has 1 unspecified atom stereocenters. The Hall–Kier alpha value is -2.84. The molecule has 27 heavy (non-hydrogen) atoms. The summed E-state index contributed by atoms with van der Waals surface area (Å²) >= 11 is 0. The van der Waals surface area contributed by atoms with Crippen molar-refractivity contribution in [2.45, 2.75) is 10.9 Å². The third kappa shape index (κ3) is 3.96. The van der Waals surface area contributed by atoms with Gasteiger partial charge in [0, 0.05) is 25.5 Å². The third-order valence-electron chi connectivity index (χ3n) is 4.18. The number of aromatic nitrogens is 2. The Balaban J connectivity index is 2.07. The average molecular weight is 387 g/mol. The van der Waals surface area contributed by atoms with Gasteiger partial charge in [0.25, 0.3) is 0 Å². The van der Waals surface area contributed by atoms with Gasteiger partial charge in [0.15, 0.2) is 0 Å². The minimum atomic E-state index is -3.93. The second kappa shape index (κ2) is 7.81. The highest BCUT2D eigenvalue weighted by atomic mass is 32.2. The smallest absolute Gasteiger partial charge is 0.245 e. The molecule has 142 valence electrons. The van der Waals surface area contributed by atoms with Crippen LogP contribution in [0.15, 0.2) is 65.8 Å². The second-order valence-electron chi connectivity index (χ2n) is 5.88. The maximum atomic E-state index is 13.2. The maximum absolute atomic E-state index is 13.2. The fourth-order valence-electron chi connectivity index (χ4n) is 2.78. The molecule has 1 N–H and O–H groups in total. The van der Waals surface area contributed by atoms with Crippen molar-refractivity contribution in [3.63, 3.8) is 0 Å². The number of benzene rings is 2. The van der Waals surface area contributed by atoms with E-state index in [1.54, 1.807) is 29.1 Å². The molecule has 0 radical (unpaired) electrons. The molecule has 3 aromatic rings. The lowest BCUT2D eigenvalue weighted by Crippen LogP contribution is -2.31. The lowest BCUT2D eigenvalue weighted by Gasteiger charge is -2.20. The topological polar surface area (TPSA) is 82.4 Å². The molecule has 0 aliphatic rings. The van der Waals surface area contributed by atoms with E-state index in [0.717, 1.165) is 5.56 Å². The Bertz CT molecular complexity index is 1020. The van der Waals surface area contributed by atoms with Crippen LogP contribution >= 0.6 is 0 Å². The van der Waals surface area contributed by atoms with Gasteiger partial charge >= 0.3 is 0 Å². The minimum Gasteiger partial charge on any atom is -0.497 e. The molecule has 8 heteroatoms. The highest BCUT2D eigenvalue weighted by Crippen LogP contribution is 2.30. The molecular weight excluding hydrogens is 366 g/mol. The van der Waals surface area contributed by atoms with E-state index in [2.05, 4.69) is 9.71 Å². The van der Waals surface area contributed by atoms with E-state index in [0.29, 0.717) is 11.6 Å². The number of ether oxygens (including phenoxy) is 2. The molecule has 0 fully saturated rings. The molecule has 1 heterocycles. The number of rotatable bonds is 7. The standard InChI is InChI=1S/C19H21N3O4S/c1-22-12-11-20-19(22)18(14-7-5-4-6-8-14)21-27(23,24)17-13-15(25-2)9-10-16(17)26-3/h4-13,18,21H,1-3H3. The van der Waals surface area contributed by atoms with Crippen LogP contribution in [0.1, 0.15) is 17.4 Å². The zero-order valence-electron chi connectivity index (χ0n) is 15.3. The van der Waals surface area contributed by atoms with Gasteiger partial charge in [0.05, 0.1) is 14.2 Å². The molecule has 0 spiro atoms. The van der Waals surface area contributed by atoms with Crippen LogP contribution in [0.4, 0.5) is 0 Å². The number of hydrogen-bond donors (Lipinski definition) is 1. The molecule has 1 atom stereocenters. The molecule has 1 aromatic heterocycles. The number of nitrogens with one attached hydrogen (secondary N) is 1. The molecule has 0 aliphatic heterocycles. The summed E-state index contributed by atoms with van der Waals surface area (Å²) in [6, 6.07) is 13.3. The first-order valence-corrected chi connectivity index (χ1v) is 9.71. The molecule has 0 saturated carbocycles. The Morgan fingerprint density at radius 2 is 1.81 bits per heavy atom. The predicted molar refractivity (Wildman–Crippen MR) is 101 cm³/mol. The van der Waals surface area contributed by atoms with Gasteiger partial charge in [0.2, 0.25) is 10.0 Å². The number of hydrogen-bond acceptors (Lipinski definition) is 5. The highest BCUT2D eigenvalue weighted by Gasteiger charge is 2.28. The summed E-state index contributed by atoms with van der Waals surface area (Å²) in [5, 5.41) is 0. The summed E-state index contributed by atoms with van der Waals surface area (Å²) in [6.07, 6.45) is 3.40. The minimum absolute atomic E-state index is 0.000472. The molecule has 0 bridgehead atoms. The number of methoxy groups -OCH3 is 2. The zero-order valence-corrected chi connectivity index (χ0v) is 16.1. The first kappa shape index (κ1) is 18.9. The number of sulfonamides is 1. The Morgan fingerprint density at radius 3 is 2.41 bits per heavy atom. The fourth-order valence-corrected chi connectivity index (χ4v) is 4.15. The van der Waals surface area contributed by atoms with Crippen LogP contribution in [0.3, 0.4) is 0 Å². The summed E-state index contributed by atoms with van der Waals surface area (Å²) in [6.45, 7) is 0. The van der Waals surface area contributed by atoms with E-state index >= 15 is 0 Å². The van der Waals surface area contributed by atoms with Gasteiger partial charge in [-0.1, -0.05) is 30.3 Å². The van der Waals surface area contributed by atoms with Gasteiger partial charge in [0.1, 0.15) is 28.3 Å². The van der Waals surface area contributed by atoms with Crippen LogP contribution in [0.2, 0.25) is 0 Å². The van der Waals surface area contributed by atoms with Crippen molar-refractivity contribution in [3.05, 3.63) is 72.3 Å². The van der Waals surface area contributed by atoms with Gasteiger partial charge in [-0.25, -0.2) is 13.4 Å². The van der Waals surface area contributed by atoms with Gasteiger partial charge < -0.3 is 14.0 Å². The summed E-state index contributed by atoms with van der Waals surface area (Å²) in [4.78, 5) is 4.33. The molecular formula is C19H21N3O4S. The number of imidazole rings is 1. The average Bonchev–Trinajstić information content (AvgIpc) is 3.12. The van der Waals surface area contributed by atoms with E-state index in [9.17, 15) is 8.42 Å².